The molecule has 1 aromatic carbocycles. The van der Waals surface area contributed by atoms with Crippen molar-refractivity contribution in [3.05, 3.63) is 65.3 Å². The van der Waals surface area contributed by atoms with E-state index < -0.39 is 0 Å². The van der Waals surface area contributed by atoms with E-state index in [1.54, 1.807) is 0 Å². The summed E-state index contributed by atoms with van der Waals surface area (Å²) in [6.45, 7) is 12.4. The Kier molecular flexibility index (Phi) is 4.96. The predicted molar refractivity (Wildman–Crippen MR) is 78.3 cm³/mol. The molecule has 0 bridgehead atoms. The zero-order valence-electron chi connectivity index (χ0n) is 11.4. The molecular weight excluding hydrogens is 204 g/mol. The maximum Gasteiger partial charge on any atom is -0.0155 e. The van der Waals surface area contributed by atoms with Crippen molar-refractivity contribution in [2.75, 3.05) is 0 Å². The van der Waals surface area contributed by atoms with Crippen LogP contribution < -0.4 is 0 Å². The van der Waals surface area contributed by atoms with Gasteiger partial charge in [0.05, 0.1) is 0 Å². The van der Waals surface area contributed by atoms with Crippen LogP contribution in [0.3, 0.4) is 0 Å². The number of rotatable bonds is 4. The lowest BCUT2D eigenvalue weighted by molar-refractivity contribution is 1.09. The van der Waals surface area contributed by atoms with Gasteiger partial charge in [-0.25, -0.2) is 0 Å². The van der Waals surface area contributed by atoms with E-state index >= 15 is 0 Å². The zero-order chi connectivity index (χ0) is 12.8. The first kappa shape index (κ1) is 13.5. The molecular formula is C17H22. The molecule has 1 rings (SSSR count). The van der Waals surface area contributed by atoms with Crippen LogP contribution >= 0.6 is 0 Å². The molecule has 90 valence electrons. The number of hydrogen-bond donors (Lipinski definition) is 0. The maximum atomic E-state index is 3.71. The Morgan fingerprint density at radius 2 is 1.94 bits per heavy atom. The van der Waals surface area contributed by atoms with Crippen molar-refractivity contribution in [3.8, 4) is 0 Å². The van der Waals surface area contributed by atoms with Crippen molar-refractivity contribution in [1.29, 1.82) is 0 Å². The second-order valence-corrected chi connectivity index (χ2v) is 4.21. The summed E-state index contributed by atoms with van der Waals surface area (Å²) >= 11 is 0. The van der Waals surface area contributed by atoms with Gasteiger partial charge in [0, 0.05) is 0 Å². The van der Waals surface area contributed by atoms with Crippen LogP contribution in [-0.4, -0.2) is 0 Å². The standard InChI is InChI=1S/C17H22/c1-6-9-10-16(8-3)17-12-11-15(7-2)13(4)14(17)5/h6,8-12H,1,7H2,2-5H3/b10-9-,16-8+. The molecule has 0 radical (unpaired) electrons. The first-order chi connectivity index (χ1) is 8.15. The van der Waals surface area contributed by atoms with Gasteiger partial charge in [0.1, 0.15) is 0 Å². The highest BCUT2D eigenvalue weighted by Crippen LogP contribution is 2.25. The van der Waals surface area contributed by atoms with Gasteiger partial charge in [0.2, 0.25) is 0 Å². The summed E-state index contributed by atoms with van der Waals surface area (Å²) in [6, 6.07) is 4.47. The molecule has 0 aliphatic carbocycles. The van der Waals surface area contributed by atoms with Gasteiger partial charge in [-0.05, 0) is 55.0 Å². The fourth-order valence-corrected chi connectivity index (χ4v) is 2.09. The quantitative estimate of drug-likeness (QED) is 0.633. The molecule has 0 aliphatic heterocycles. The summed E-state index contributed by atoms with van der Waals surface area (Å²) in [7, 11) is 0. The van der Waals surface area contributed by atoms with E-state index in [-0.39, 0.29) is 0 Å². The van der Waals surface area contributed by atoms with Gasteiger partial charge < -0.3 is 0 Å². The van der Waals surface area contributed by atoms with Gasteiger partial charge in [-0.1, -0.05) is 49.9 Å². The summed E-state index contributed by atoms with van der Waals surface area (Å²) in [5.41, 5.74) is 6.81. The molecule has 0 heterocycles. The SMILES string of the molecule is C=C/C=C\C(=C/C)c1ccc(CC)c(C)c1C. The lowest BCUT2D eigenvalue weighted by Gasteiger charge is -2.13. The highest BCUT2D eigenvalue weighted by Gasteiger charge is 2.06. The number of benzene rings is 1. The van der Waals surface area contributed by atoms with E-state index in [2.05, 4.69) is 58.6 Å². The topological polar surface area (TPSA) is 0 Å². The Balaban J connectivity index is 3.27. The highest BCUT2D eigenvalue weighted by atomic mass is 14.1. The minimum Gasteiger partial charge on any atom is -0.0991 e. The van der Waals surface area contributed by atoms with Crippen LogP contribution in [0.4, 0.5) is 0 Å². The van der Waals surface area contributed by atoms with E-state index in [0.29, 0.717) is 0 Å². The third-order valence-corrected chi connectivity index (χ3v) is 3.31. The molecule has 0 aromatic heterocycles. The van der Waals surface area contributed by atoms with Gasteiger partial charge in [-0.3, -0.25) is 0 Å². The minimum atomic E-state index is 1.10. The van der Waals surface area contributed by atoms with Gasteiger partial charge in [0.15, 0.2) is 0 Å². The zero-order valence-corrected chi connectivity index (χ0v) is 11.4. The third-order valence-electron chi connectivity index (χ3n) is 3.31. The molecule has 0 saturated heterocycles. The number of aryl methyl sites for hydroxylation is 1. The molecule has 0 amide bonds. The third kappa shape index (κ3) is 2.97. The summed E-state index contributed by atoms with van der Waals surface area (Å²) in [5, 5.41) is 0. The Bertz CT molecular complexity index is 459. The van der Waals surface area contributed by atoms with E-state index in [1.165, 1.54) is 27.8 Å². The molecule has 0 unspecified atom stereocenters. The smallest absolute Gasteiger partial charge is 0.0155 e. The van der Waals surface area contributed by atoms with Crippen LogP contribution in [0.5, 0.6) is 0 Å². The second-order valence-electron chi connectivity index (χ2n) is 4.21. The van der Waals surface area contributed by atoms with Gasteiger partial charge in [-0.15, -0.1) is 0 Å². The van der Waals surface area contributed by atoms with Crippen LogP contribution in [0.1, 0.15) is 36.1 Å². The van der Waals surface area contributed by atoms with Crippen molar-refractivity contribution in [3.63, 3.8) is 0 Å². The van der Waals surface area contributed by atoms with E-state index in [4.69, 9.17) is 0 Å². The maximum absolute atomic E-state index is 3.71. The fourth-order valence-electron chi connectivity index (χ4n) is 2.09. The monoisotopic (exact) mass is 226 g/mol. The molecule has 0 nitrogen and oxygen atoms in total. The van der Waals surface area contributed by atoms with Crippen molar-refractivity contribution in [2.24, 2.45) is 0 Å². The Hall–Kier alpha value is -1.56. The van der Waals surface area contributed by atoms with E-state index in [9.17, 15) is 0 Å². The van der Waals surface area contributed by atoms with Gasteiger partial charge in [0.25, 0.3) is 0 Å². The van der Waals surface area contributed by atoms with Gasteiger partial charge >= 0.3 is 0 Å². The lowest BCUT2D eigenvalue weighted by atomic mass is 9.92. The van der Waals surface area contributed by atoms with Crippen LogP contribution in [-0.2, 0) is 6.42 Å². The average molecular weight is 226 g/mol. The van der Waals surface area contributed by atoms with E-state index in [0.717, 1.165) is 6.42 Å². The van der Waals surface area contributed by atoms with Crippen molar-refractivity contribution in [2.45, 2.75) is 34.1 Å². The Morgan fingerprint density at radius 3 is 2.47 bits per heavy atom. The first-order valence-electron chi connectivity index (χ1n) is 6.20. The summed E-state index contributed by atoms with van der Waals surface area (Å²) < 4.78 is 0. The minimum absolute atomic E-state index is 1.10. The van der Waals surface area contributed by atoms with E-state index in [1.807, 2.05) is 12.2 Å². The summed E-state index contributed by atoms with van der Waals surface area (Å²) in [6.07, 6.45) is 9.15. The molecule has 0 heteroatoms. The van der Waals surface area contributed by atoms with Crippen LogP contribution in [0.15, 0.2) is 43.0 Å². The predicted octanol–water partition coefficient (Wildman–Crippen LogP) is 5.01. The average Bonchev–Trinajstić information content (AvgIpc) is 2.35. The fraction of sp³-hybridized carbons (Fsp3) is 0.294. The summed E-state index contributed by atoms with van der Waals surface area (Å²) in [4.78, 5) is 0. The molecule has 0 aliphatic rings. The van der Waals surface area contributed by atoms with Crippen LogP contribution in [0.25, 0.3) is 5.57 Å². The molecule has 0 N–H and O–H groups in total. The van der Waals surface area contributed by atoms with Crippen molar-refractivity contribution < 1.29 is 0 Å². The molecule has 0 atom stereocenters. The van der Waals surface area contributed by atoms with Crippen molar-refractivity contribution >= 4 is 5.57 Å². The molecule has 17 heavy (non-hydrogen) atoms. The molecule has 0 saturated carbocycles. The highest BCUT2D eigenvalue weighted by molar-refractivity contribution is 5.77. The number of hydrogen-bond acceptors (Lipinski definition) is 0. The number of allylic oxidation sites excluding steroid dienone is 5. The van der Waals surface area contributed by atoms with Crippen LogP contribution in [0.2, 0.25) is 0 Å². The largest absolute Gasteiger partial charge is 0.0991 e. The normalized spacial score (nSPS) is 12.1. The van der Waals surface area contributed by atoms with Crippen LogP contribution in [0, 0.1) is 13.8 Å². The Labute approximate surface area is 105 Å². The molecule has 0 spiro atoms. The van der Waals surface area contributed by atoms with Crippen molar-refractivity contribution in [1.82, 2.24) is 0 Å². The second kappa shape index (κ2) is 6.24. The van der Waals surface area contributed by atoms with Gasteiger partial charge in [-0.2, -0.15) is 0 Å². The summed E-state index contributed by atoms with van der Waals surface area (Å²) in [5.74, 6) is 0. The first-order valence-corrected chi connectivity index (χ1v) is 6.20. The molecule has 1 aromatic rings. The molecule has 0 fully saturated rings. The Morgan fingerprint density at radius 1 is 1.24 bits per heavy atom. The lowest BCUT2D eigenvalue weighted by Crippen LogP contribution is -1.95.